The molecular weight excluding hydrogens is 186 g/mol. The SMILES string of the molecule is CCCCN(C1CC1)C1CCCCC1=O. The first-order valence-corrected chi connectivity index (χ1v) is 6.61. The van der Waals surface area contributed by atoms with E-state index in [1.54, 1.807) is 0 Å². The van der Waals surface area contributed by atoms with Crippen molar-refractivity contribution in [1.82, 2.24) is 4.90 Å². The quantitative estimate of drug-likeness (QED) is 0.694. The fraction of sp³-hybridized carbons (Fsp3) is 0.923. The van der Waals surface area contributed by atoms with Crippen LogP contribution in [0.4, 0.5) is 0 Å². The zero-order chi connectivity index (χ0) is 10.7. The molecule has 0 aromatic heterocycles. The van der Waals surface area contributed by atoms with Gasteiger partial charge in [-0.25, -0.2) is 0 Å². The topological polar surface area (TPSA) is 20.3 Å². The van der Waals surface area contributed by atoms with Gasteiger partial charge < -0.3 is 0 Å². The lowest BCUT2D eigenvalue weighted by molar-refractivity contribution is -0.126. The third-order valence-electron chi connectivity index (χ3n) is 3.71. The van der Waals surface area contributed by atoms with Crippen LogP contribution in [-0.4, -0.2) is 29.3 Å². The number of ketones is 1. The van der Waals surface area contributed by atoms with Crippen LogP contribution in [0, 0.1) is 0 Å². The van der Waals surface area contributed by atoms with Crippen molar-refractivity contribution in [3.8, 4) is 0 Å². The molecule has 2 aliphatic rings. The van der Waals surface area contributed by atoms with Crippen LogP contribution in [0.2, 0.25) is 0 Å². The lowest BCUT2D eigenvalue weighted by Gasteiger charge is -2.33. The van der Waals surface area contributed by atoms with Crippen molar-refractivity contribution >= 4 is 5.78 Å². The molecule has 15 heavy (non-hydrogen) atoms. The average Bonchev–Trinajstić information content (AvgIpc) is 3.05. The molecule has 0 N–H and O–H groups in total. The largest absolute Gasteiger partial charge is 0.298 e. The van der Waals surface area contributed by atoms with Crippen LogP contribution in [0.3, 0.4) is 0 Å². The fourth-order valence-electron chi connectivity index (χ4n) is 2.66. The summed E-state index contributed by atoms with van der Waals surface area (Å²) in [6.07, 6.45) is 9.48. The number of Topliss-reactive ketones (excluding diaryl/α,β-unsaturated/α-hetero) is 1. The Bertz CT molecular complexity index is 223. The number of hydrogen-bond donors (Lipinski definition) is 0. The normalized spacial score (nSPS) is 27.3. The molecule has 0 aliphatic heterocycles. The van der Waals surface area contributed by atoms with Crippen molar-refractivity contribution in [1.29, 1.82) is 0 Å². The van der Waals surface area contributed by atoms with Gasteiger partial charge in [0.2, 0.25) is 0 Å². The molecule has 0 heterocycles. The molecule has 0 aromatic carbocycles. The maximum atomic E-state index is 11.9. The monoisotopic (exact) mass is 209 g/mol. The van der Waals surface area contributed by atoms with Crippen molar-refractivity contribution < 1.29 is 4.79 Å². The highest BCUT2D eigenvalue weighted by molar-refractivity contribution is 5.84. The number of carbonyl (C=O) groups is 1. The summed E-state index contributed by atoms with van der Waals surface area (Å²) < 4.78 is 0. The summed E-state index contributed by atoms with van der Waals surface area (Å²) in [6, 6.07) is 1.04. The van der Waals surface area contributed by atoms with E-state index in [0.717, 1.165) is 31.8 Å². The summed E-state index contributed by atoms with van der Waals surface area (Å²) >= 11 is 0. The molecule has 86 valence electrons. The van der Waals surface area contributed by atoms with E-state index in [-0.39, 0.29) is 6.04 Å². The molecule has 1 unspecified atom stereocenters. The molecule has 2 aliphatic carbocycles. The molecule has 0 amide bonds. The summed E-state index contributed by atoms with van der Waals surface area (Å²) in [7, 11) is 0. The van der Waals surface area contributed by atoms with E-state index in [1.807, 2.05) is 0 Å². The predicted octanol–water partition coefficient (Wildman–Crippen LogP) is 2.76. The minimum absolute atomic E-state index is 0.290. The van der Waals surface area contributed by atoms with Gasteiger partial charge in [-0.05, 0) is 38.6 Å². The maximum Gasteiger partial charge on any atom is 0.149 e. The van der Waals surface area contributed by atoms with Crippen molar-refractivity contribution in [2.75, 3.05) is 6.54 Å². The summed E-state index contributed by atoms with van der Waals surface area (Å²) in [5.41, 5.74) is 0. The first-order chi connectivity index (χ1) is 7.33. The van der Waals surface area contributed by atoms with E-state index in [2.05, 4.69) is 11.8 Å². The Morgan fingerprint density at radius 2 is 2.07 bits per heavy atom. The summed E-state index contributed by atoms with van der Waals surface area (Å²) in [6.45, 7) is 3.38. The van der Waals surface area contributed by atoms with E-state index in [4.69, 9.17) is 0 Å². The zero-order valence-corrected chi connectivity index (χ0v) is 9.87. The Kier molecular flexibility index (Phi) is 3.79. The lowest BCUT2D eigenvalue weighted by Crippen LogP contribution is -2.44. The smallest absolute Gasteiger partial charge is 0.149 e. The minimum Gasteiger partial charge on any atom is -0.298 e. The summed E-state index contributed by atoms with van der Waals surface area (Å²) in [4.78, 5) is 14.4. The minimum atomic E-state index is 0.290. The molecule has 2 fully saturated rings. The summed E-state index contributed by atoms with van der Waals surface area (Å²) in [5, 5.41) is 0. The van der Waals surface area contributed by atoms with Crippen LogP contribution in [-0.2, 0) is 4.79 Å². The van der Waals surface area contributed by atoms with Crippen LogP contribution >= 0.6 is 0 Å². The molecule has 0 aromatic rings. The van der Waals surface area contributed by atoms with Gasteiger partial charge in [-0.1, -0.05) is 19.8 Å². The van der Waals surface area contributed by atoms with Gasteiger partial charge in [-0.3, -0.25) is 9.69 Å². The second kappa shape index (κ2) is 5.11. The van der Waals surface area contributed by atoms with Crippen LogP contribution < -0.4 is 0 Å². The van der Waals surface area contributed by atoms with Gasteiger partial charge >= 0.3 is 0 Å². The molecular formula is C13H23NO. The van der Waals surface area contributed by atoms with Gasteiger partial charge in [0.25, 0.3) is 0 Å². The van der Waals surface area contributed by atoms with Crippen molar-refractivity contribution in [3.63, 3.8) is 0 Å². The highest BCUT2D eigenvalue weighted by Gasteiger charge is 2.37. The first-order valence-electron chi connectivity index (χ1n) is 6.61. The maximum absolute atomic E-state index is 11.9. The van der Waals surface area contributed by atoms with Gasteiger partial charge in [0.15, 0.2) is 0 Å². The second-order valence-corrected chi connectivity index (χ2v) is 5.05. The van der Waals surface area contributed by atoms with Crippen molar-refractivity contribution in [2.45, 2.75) is 70.4 Å². The molecule has 2 rings (SSSR count). The highest BCUT2D eigenvalue weighted by atomic mass is 16.1. The molecule has 2 nitrogen and oxygen atoms in total. The Morgan fingerprint density at radius 3 is 2.67 bits per heavy atom. The van der Waals surface area contributed by atoms with Gasteiger partial charge in [0.05, 0.1) is 6.04 Å². The van der Waals surface area contributed by atoms with Crippen molar-refractivity contribution in [2.24, 2.45) is 0 Å². The lowest BCUT2D eigenvalue weighted by atomic mass is 9.92. The number of hydrogen-bond acceptors (Lipinski definition) is 2. The molecule has 0 radical (unpaired) electrons. The first kappa shape index (κ1) is 11.1. The van der Waals surface area contributed by atoms with Crippen LogP contribution in [0.25, 0.3) is 0 Å². The van der Waals surface area contributed by atoms with Gasteiger partial charge in [0.1, 0.15) is 5.78 Å². The van der Waals surface area contributed by atoms with Gasteiger partial charge in [0, 0.05) is 12.5 Å². The molecule has 2 heteroatoms. The third kappa shape index (κ3) is 2.81. The van der Waals surface area contributed by atoms with E-state index in [1.165, 1.54) is 32.1 Å². The zero-order valence-electron chi connectivity index (χ0n) is 9.87. The van der Waals surface area contributed by atoms with Gasteiger partial charge in [-0.15, -0.1) is 0 Å². The second-order valence-electron chi connectivity index (χ2n) is 5.05. The third-order valence-corrected chi connectivity index (χ3v) is 3.71. The van der Waals surface area contributed by atoms with Crippen LogP contribution in [0.15, 0.2) is 0 Å². The predicted molar refractivity (Wildman–Crippen MR) is 61.9 cm³/mol. The Morgan fingerprint density at radius 1 is 1.27 bits per heavy atom. The number of carbonyl (C=O) groups excluding carboxylic acids is 1. The van der Waals surface area contributed by atoms with Crippen molar-refractivity contribution in [3.05, 3.63) is 0 Å². The summed E-state index contributed by atoms with van der Waals surface area (Å²) in [5.74, 6) is 0.518. The molecule has 2 saturated carbocycles. The van der Waals surface area contributed by atoms with E-state index in [9.17, 15) is 4.79 Å². The number of rotatable bonds is 5. The number of unbranched alkanes of at least 4 members (excludes halogenated alkanes) is 1. The average molecular weight is 209 g/mol. The molecule has 0 bridgehead atoms. The van der Waals surface area contributed by atoms with Crippen LogP contribution in [0.5, 0.6) is 0 Å². The van der Waals surface area contributed by atoms with Gasteiger partial charge in [-0.2, -0.15) is 0 Å². The fourth-order valence-corrected chi connectivity index (χ4v) is 2.66. The Balaban J connectivity index is 1.92. The molecule has 0 saturated heterocycles. The van der Waals surface area contributed by atoms with E-state index < -0.39 is 0 Å². The highest BCUT2D eigenvalue weighted by Crippen LogP contribution is 2.32. The van der Waals surface area contributed by atoms with E-state index in [0.29, 0.717) is 5.78 Å². The Labute approximate surface area is 93.0 Å². The standard InChI is InChI=1S/C13H23NO/c1-2-3-10-14(11-8-9-11)12-6-4-5-7-13(12)15/h11-12H,2-10H2,1H3. The molecule has 1 atom stereocenters. The number of nitrogens with zero attached hydrogens (tertiary/aromatic N) is 1. The molecule has 0 spiro atoms. The van der Waals surface area contributed by atoms with Crippen LogP contribution in [0.1, 0.15) is 58.3 Å². The Hall–Kier alpha value is -0.370. The van der Waals surface area contributed by atoms with E-state index >= 15 is 0 Å².